The van der Waals surface area contributed by atoms with E-state index in [1.807, 2.05) is 16.7 Å². The Morgan fingerprint density at radius 2 is 1.88 bits per heavy atom. The minimum absolute atomic E-state index is 0. The molecule has 0 radical (unpaired) electrons. The molecule has 172 valence electrons. The Kier molecular flexibility index (Phi) is 9.28. The summed E-state index contributed by atoms with van der Waals surface area (Å²) in [6, 6.07) is 19.1. The number of amides is 1. The van der Waals surface area contributed by atoms with E-state index in [1.165, 1.54) is 28.9 Å². The molecule has 2 N–H and O–H groups in total. The fourth-order valence-electron chi connectivity index (χ4n) is 3.87. The Balaban J connectivity index is 0.00000289. The minimum Gasteiger partial charge on any atom is -0.357 e. The Morgan fingerprint density at radius 3 is 2.56 bits per heavy atom. The second kappa shape index (κ2) is 11.9. The highest BCUT2D eigenvalue weighted by Gasteiger charge is 2.43. The molecule has 2 aromatic carbocycles. The molecule has 1 saturated carbocycles. The van der Waals surface area contributed by atoms with Gasteiger partial charge in [0, 0.05) is 42.2 Å². The lowest BCUT2D eigenvalue weighted by atomic mass is 10.1. The van der Waals surface area contributed by atoms with Crippen LogP contribution < -0.4 is 10.6 Å². The van der Waals surface area contributed by atoms with Gasteiger partial charge in [-0.2, -0.15) is 0 Å². The van der Waals surface area contributed by atoms with Crippen LogP contribution in [0, 0.1) is 0 Å². The van der Waals surface area contributed by atoms with Gasteiger partial charge in [-0.25, -0.2) is 4.99 Å². The zero-order valence-electron chi connectivity index (χ0n) is 18.7. The quantitative estimate of drug-likeness (QED) is 0.261. The number of hydrogen-bond donors (Lipinski definition) is 2. The van der Waals surface area contributed by atoms with E-state index < -0.39 is 0 Å². The molecular formula is C25H33IN4OS. The summed E-state index contributed by atoms with van der Waals surface area (Å²) in [5.74, 6) is 1.13. The molecule has 0 aromatic heterocycles. The number of benzene rings is 2. The number of carbonyl (C=O) groups is 1. The van der Waals surface area contributed by atoms with Crippen molar-refractivity contribution in [3.05, 3.63) is 65.7 Å². The van der Waals surface area contributed by atoms with Crippen LogP contribution in [-0.4, -0.2) is 41.1 Å². The molecule has 1 heterocycles. The molecule has 1 aliphatic heterocycles. The van der Waals surface area contributed by atoms with Crippen molar-refractivity contribution in [3.63, 3.8) is 0 Å². The van der Waals surface area contributed by atoms with Crippen LogP contribution in [0.15, 0.2) is 64.5 Å². The van der Waals surface area contributed by atoms with Gasteiger partial charge in [-0.05, 0) is 49.4 Å². The molecule has 0 bridgehead atoms. The van der Waals surface area contributed by atoms with E-state index in [9.17, 15) is 4.79 Å². The van der Waals surface area contributed by atoms with E-state index >= 15 is 0 Å². The second-order valence-corrected chi connectivity index (χ2v) is 9.93. The van der Waals surface area contributed by atoms with E-state index in [0.29, 0.717) is 19.5 Å². The summed E-state index contributed by atoms with van der Waals surface area (Å²) in [4.78, 5) is 20.0. The average molecular weight is 565 g/mol. The Hall–Kier alpha value is -1.74. The molecule has 2 aliphatic rings. The van der Waals surface area contributed by atoms with Crippen molar-refractivity contribution in [2.45, 2.75) is 55.3 Å². The van der Waals surface area contributed by atoms with Crippen molar-refractivity contribution in [3.8, 4) is 0 Å². The standard InChI is InChI=1S/C25H32N4OS.HI/c1-2-26-24(28-19-25(13-14-25)31-22-10-4-3-5-11-22)27-17-20-8-6-9-21(16-20)18-29-15-7-12-23(29)30;/h3-6,8-11,16H,2,7,12-15,17-19H2,1H3,(H2,26,27,28);1H. The van der Waals surface area contributed by atoms with Gasteiger partial charge < -0.3 is 15.5 Å². The molecule has 32 heavy (non-hydrogen) atoms. The first kappa shape index (κ1) is 24.9. The van der Waals surface area contributed by atoms with Crippen molar-refractivity contribution in [1.82, 2.24) is 15.5 Å². The molecule has 0 atom stereocenters. The van der Waals surface area contributed by atoms with Crippen molar-refractivity contribution < 1.29 is 4.79 Å². The van der Waals surface area contributed by atoms with E-state index in [1.54, 1.807) is 0 Å². The van der Waals surface area contributed by atoms with Gasteiger partial charge in [-0.15, -0.1) is 35.7 Å². The molecule has 2 aromatic rings. The zero-order chi connectivity index (χ0) is 21.5. The van der Waals surface area contributed by atoms with Crippen molar-refractivity contribution in [2.75, 3.05) is 19.6 Å². The predicted molar refractivity (Wildman–Crippen MR) is 144 cm³/mol. The van der Waals surface area contributed by atoms with E-state index in [0.717, 1.165) is 32.0 Å². The highest BCUT2D eigenvalue weighted by atomic mass is 127. The summed E-state index contributed by atoms with van der Waals surface area (Å²) in [5, 5.41) is 6.93. The molecule has 5 nitrogen and oxygen atoms in total. The number of nitrogens with one attached hydrogen (secondary N) is 2. The van der Waals surface area contributed by atoms with Crippen molar-refractivity contribution >= 4 is 47.6 Å². The summed E-state index contributed by atoms with van der Waals surface area (Å²) >= 11 is 1.97. The highest BCUT2D eigenvalue weighted by Crippen LogP contribution is 2.51. The van der Waals surface area contributed by atoms with Crippen LogP contribution in [-0.2, 0) is 17.9 Å². The highest BCUT2D eigenvalue weighted by molar-refractivity contribution is 14.0. The number of rotatable bonds is 9. The maximum atomic E-state index is 11.9. The molecule has 1 amide bonds. The van der Waals surface area contributed by atoms with Gasteiger partial charge in [-0.3, -0.25) is 4.79 Å². The molecule has 1 aliphatic carbocycles. The predicted octanol–water partition coefficient (Wildman–Crippen LogP) is 4.81. The van der Waals surface area contributed by atoms with E-state index in [-0.39, 0.29) is 34.6 Å². The maximum absolute atomic E-state index is 11.9. The van der Waals surface area contributed by atoms with Crippen molar-refractivity contribution in [1.29, 1.82) is 0 Å². The Morgan fingerprint density at radius 1 is 1.09 bits per heavy atom. The van der Waals surface area contributed by atoms with E-state index in [4.69, 9.17) is 4.99 Å². The number of halogens is 1. The zero-order valence-corrected chi connectivity index (χ0v) is 21.8. The molecule has 0 spiro atoms. The van der Waals surface area contributed by atoms with Crippen LogP contribution in [0.2, 0.25) is 0 Å². The van der Waals surface area contributed by atoms with Gasteiger partial charge in [0.15, 0.2) is 5.96 Å². The number of likely N-dealkylation sites (tertiary alicyclic amines) is 1. The number of nitrogens with zero attached hydrogens (tertiary/aromatic N) is 2. The van der Waals surface area contributed by atoms with Crippen LogP contribution in [0.5, 0.6) is 0 Å². The summed E-state index contributed by atoms with van der Waals surface area (Å²) in [7, 11) is 0. The first-order chi connectivity index (χ1) is 15.2. The maximum Gasteiger partial charge on any atom is 0.222 e. The fraction of sp³-hybridized carbons (Fsp3) is 0.440. The van der Waals surface area contributed by atoms with Crippen molar-refractivity contribution in [2.24, 2.45) is 4.99 Å². The van der Waals surface area contributed by atoms with Crippen LogP contribution in [0.3, 0.4) is 0 Å². The first-order valence-electron chi connectivity index (χ1n) is 11.3. The summed E-state index contributed by atoms with van der Waals surface area (Å²) < 4.78 is 0.278. The third-order valence-corrected chi connectivity index (χ3v) is 7.26. The average Bonchev–Trinajstić information content (AvgIpc) is 3.43. The van der Waals surface area contributed by atoms with Crippen LogP contribution in [0.1, 0.15) is 43.7 Å². The third-order valence-electron chi connectivity index (χ3n) is 5.76. The van der Waals surface area contributed by atoms with Crippen LogP contribution in [0.25, 0.3) is 0 Å². The Labute approximate surface area is 212 Å². The van der Waals surface area contributed by atoms with Gasteiger partial charge in [0.25, 0.3) is 0 Å². The smallest absolute Gasteiger partial charge is 0.222 e. The van der Waals surface area contributed by atoms with Gasteiger partial charge in [0.05, 0.1) is 6.54 Å². The second-order valence-electron chi connectivity index (χ2n) is 8.39. The normalized spacial score (nSPS) is 17.1. The van der Waals surface area contributed by atoms with Gasteiger partial charge in [0.1, 0.15) is 0 Å². The lowest BCUT2D eigenvalue weighted by Crippen LogP contribution is -2.41. The number of hydrogen-bond acceptors (Lipinski definition) is 3. The lowest BCUT2D eigenvalue weighted by molar-refractivity contribution is -0.128. The molecule has 1 saturated heterocycles. The molecule has 4 rings (SSSR count). The lowest BCUT2D eigenvalue weighted by Gasteiger charge is -2.18. The van der Waals surface area contributed by atoms with Gasteiger partial charge >= 0.3 is 0 Å². The molecular weight excluding hydrogens is 531 g/mol. The molecule has 7 heteroatoms. The number of aliphatic imine (C=N–C) groups is 1. The number of guanidine groups is 1. The number of carbonyl (C=O) groups excluding carboxylic acids is 1. The largest absolute Gasteiger partial charge is 0.357 e. The minimum atomic E-state index is 0. The number of thioether (sulfide) groups is 1. The molecule has 0 unspecified atom stereocenters. The first-order valence-corrected chi connectivity index (χ1v) is 12.1. The van der Waals surface area contributed by atoms with Gasteiger partial charge in [-0.1, -0.05) is 42.5 Å². The van der Waals surface area contributed by atoms with Crippen LogP contribution in [0.4, 0.5) is 0 Å². The summed E-state index contributed by atoms with van der Waals surface area (Å²) in [6.07, 6.45) is 4.13. The van der Waals surface area contributed by atoms with E-state index in [2.05, 4.69) is 72.2 Å². The summed E-state index contributed by atoms with van der Waals surface area (Å²) in [6.45, 7) is 6.04. The topological polar surface area (TPSA) is 56.7 Å². The third kappa shape index (κ3) is 7.13. The summed E-state index contributed by atoms with van der Waals surface area (Å²) in [5.41, 5.74) is 2.35. The fourth-order valence-corrected chi connectivity index (χ4v) is 5.11. The molecule has 2 fully saturated rings. The Bertz CT molecular complexity index is 917. The SMILES string of the molecule is CCNC(=NCc1cccc(CN2CCCC2=O)c1)NCC1(Sc2ccccc2)CC1.I. The van der Waals surface area contributed by atoms with Gasteiger partial charge in [0.2, 0.25) is 5.91 Å². The van der Waals surface area contributed by atoms with Crippen LogP contribution >= 0.6 is 35.7 Å². The monoisotopic (exact) mass is 564 g/mol.